The van der Waals surface area contributed by atoms with Crippen LogP contribution in [0.5, 0.6) is 0 Å². The molecule has 0 unspecified atom stereocenters. The Balaban J connectivity index is 0.000000383. The summed E-state index contributed by atoms with van der Waals surface area (Å²) in [6.45, 7) is 4.77. The van der Waals surface area contributed by atoms with E-state index in [2.05, 4.69) is 32.2 Å². The number of hydrogen-bond acceptors (Lipinski definition) is 6. The highest BCUT2D eigenvalue weighted by Gasteiger charge is 2.38. The quantitative estimate of drug-likeness (QED) is 0.596. The summed E-state index contributed by atoms with van der Waals surface area (Å²) in [6.07, 6.45) is 3.93. The van der Waals surface area contributed by atoms with Crippen molar-refractivity contribution in [3.05, 3.63) is 59.8 Å². The summed E-state index contributed by atoms with van der Waals surface area (Å²) < 4.78 is 33.4. The van der Waals surface area contributed by atoms with E-state index in [1.54, 1.807) is 23.0 Å². The third kappa shape index (κ3) is 6.48. The van der Waals surface area contributed by atoms with Crippen molar-refractivity contribution in [2.24, 2.45) is 0 Å². The molecule has 9 nitrogen and oxygen atoms in total. The Morgan fingerprint density at radius 1 is 1.24 bits per heavy atom. The maximum atomic E-state index is 12.6. The topological polar surface area (TPSA) is 113 Å². The minimum atomic E-state index is -5.08. The zero-order valence-corrected chi connectivity index (χ0v) is 17.8. The zero-order chi connectivity index (χ0) is 24.0. The molecule has 0 saturated carbocycles. The van der Waals surface area contributed by atoms with Crippen LogP contribution in [-0.4, -0.2) is 66.8 Å². The smallest absolute Gasteiger partial charge is 0.475 e. The average Bonchev–Trinajstić information content (AvgIpc) is 3.40. The SMILES string of the molecule is CCc1cnn2ccc(C(=O)N[C@H]3CCN(Cc4ccncc4)C3)nc12.O=C(O)C(F)(F)F. The van der Waals surface area contributed by atoms with Crippen LogP contribution in [0.15, 0.2) is 43.0 Å². The molecule has 0 radical (unpaired) electrons. The first-order chi connectivity index (χ1) is 15.7. The molecule has 1 fully saturated rings. The third-order valence-electron chi connectivity index (χ3n) is 5.06. The number of likely N-dealkylation sites (tertiary alicyclic amines) is 1. The molecule has 0 aliphatic carbocycles. The number of amides is 1. The van der Waals surface area contributed by atoms with Gasteiger partial charge in [0, 0.05) is 49.8 Å². The number of aryl methyl sites for hydroxylation is 1. The van der Waals surface area contributed by atoms with Crippen LogP contribution >= 0.6 is 0 Å². The molecule has 0 spiro atoms. The maximum Gasteiger partial charge on any atom is 0.490 e. The van der Waals surface area contributed by atoms with Gasteiger partial charge in [0.2, 0.25) is 0 Å². The Labute approximate surface area is 187 Å². The van der Waals surface area contributed by atoms with Crippen molar-refractivity contribution in [2.75, 3.05) is 13.1 Å². The number of alkyl halides is 3. The molecular weight excluding hydrogens is 441 g/mol. The van der Waals surface area contributed by atoms with E-state index in [4.69, 9.17) is 9.90 Å². The molecule has 176 valence electrons. The highest BCUT2D eigenvalue weighted by molar-refractivity contribution is 5.93. The number of pyridine rings is 1. The van der Waals surface area contributed by atoms with Crippen molar-refractivity contribution in [3.63, 3.8) is 0 Å². The van der Waals surface area contributed by atoms with Crippen molar-refractivity contribution in [2.45, 2.75) is 38.5 Å². The fraction of sp³-hybridized carbons (Fsp3) is 0.381. The average molecular weight is 464 g/mol. The van der Waals surface area contributed by atoms with Crippen LogP contribution in [0.3, 0.4) is 0 Å². The Bertz CT molecular complexity index is 1100. The molecule has 2 N–H and O–H groups in total. The van der Waals surface area contributed by atoms with Gasteiger partial charge in [-0.1, -0.05) is 6.92 Å². The number of carbonyl (C=O) groups excluding carboxylic acids is 1. The van der Waals surface area contributed by atoms with Crippen LogP contribution in [0, 0.1) is 0 Å². The molecule has 1 amide bonds. The summed E-state index contributed by atoms with van der Waals surface area (Å²) in [5.41, 5.74) is 3.49. The molecule has 1 aliphatic heterocycles. The second kappa shape index (κ2) is 10.4. The minimum Gasteiger partial charge on any atom is -0.475 e. The van der Waals surface area contributed by atoms with E-state index in [-0.39, 0.29) is 11.9 Å². The number of carbonyl (C=O) groups is 2. The van der Waals surface area contributed by atoms with E-state index in [1.165, 1.54) is 5.56 Å². The highest BCUT2D eigenvalue weighted by atomic mass is 19.4. The summed E-state index contributed by atoms with van der Waals surface area (Å²) >= 11 is 0. The molecule has 4 rings (SSSR count). The summed E-state index contributed by atoms with van der Waals surface area (Å²) in [6, 6.07) is 5.93. The lowest BCUT2D eigenvalue weighted by molar-refractivity contribution is -0.192. The van der Waals surface area contributed by atoms with E-state index in [1.807, 2.05) is 24.5 Å². The fourth-order valence-corrected chi connectivity index (χ4v) is 3.39. The van der Waals surface area contributed by atoms with Gasteiger partial charge in [-0.2, -0.15) is 18.3 Å². The summed E-state index contributed by atoms with van der Waals surface area (Å²) in [4.78, 5) is 32.4. The second-order valence-electron chi connectivity index (χ2n) is 7.46. The molecule has 12 heteroatoms. The third-order valence-corrected chi connectivity index (χ3v) is 5.06. The lowest BCUT2D eigenvalue weighted by atomic mass is 10.2. The van der Waals surface area contributed by atoms with Crippen LogP contribution in [0.1, 0.15) is 35.0 Å². The highest BCUT2D eigenvalue weighted by Crippen LogP contribution is 2.15. The van der Waals surface area contributed by atoms with Crippen molar-refractivity contribution in [1.82, 2.24) is 29.8 Å². The van der Waals surface area contributed by atoms with Gasteiger partial charge < -0.3 is 10.4 Å². The molecule has 3 aromatic heterocycles. The van der Waals surface area contributed by atoms with E-state index in [0.29, 0.717) is 5.69 Å². The van der Waals surface area contributed by atoms with E-state index >= 15 is 0 Å². The first kappa shape index (κ1) is 24.1. The van der Waals surface area contributed by atoms with Crippen molar-refractivity contribution in [1.29, 1.82) is 0 Å². The van der Waals surface area contributed by atoms with Crippen LogP contribution in [0.25, 0.3) is 5.65 Å². The van der Waals surface area contributed by atoms with Gasteiger partial charge in [-0.3, -0.25) is 14.7 Å². The van der Waals surface area contributed by atoms with Crippen LogP contribution < -0.4 is 5.32 Å². The van der Waals surface area contributed by atoms with Crippen molar-refractivity contribution in [3.8, 4) is 0 Å². The molecule has 1 saturated heterocycles. The molecule has 33 heavy (non-hydrogen) atoms. The zero-order valence-electron chi connectivity index (χ0n) is 17.8. The number of aliphatic carboxylic acids is 1. The van der Waals surface area contributed by atoms with E-state index < -0.39 is 12.1 Å². The van der Waals surface area contributed by atoms with E-state index in [9.17, 15) is 18.0 Å². The van der Waals surface area contributed by atoms with Crippen LogP contribution in [0.2, 0.25) is 0 Å². The second-order valence-corrected chi connectivity index (χ2v) is 7.46. The van der Waals surface area contributed by atoms with Crippen molar-refractivity contribution >= 4 is 17.5 Å². The first-order valence-electron chi connectivity index (χ1n) is 10.2. The molecule has 0 bridgehead atoms. The van der Waals surface area contributed by atoms with Crippen LogP contribution in [0.4, 0.5) is 13.2 Å². The monoisotopic (exact) mass is 464 g/mol. The van der Waals surface area contributed by atoms with Crippen LogP contribution in [-0.2, 0) is 17.8 Å². The number of hydrogen-bond donors (Lipinski definition) is 2. The van der Waals surface area contributed by atoms with Gasteiger partial charge in [0.05, 0.1) is 6.20 Å². The number of halogens is 3. The Morgan fingerprint density at radius 3 is 2.58 bits per heavy atom. The predicted molar refractivity (Wildman–Crippen MR) is 111 cm³/mol. The molecule has 4 heterocycles. The molecule has 3 aromatic rings. The lowest BCUT2D eigenvalue weighted by Gasteiger charge is -2.16. The Kier molecular flexibility index (Phi) is 7.59. The van der Waals surface area contributed by atoms with Gasteiger partial charge in [-0.15, -0.1) is 0 Å². The largest absolute Gasteiger partial charge is 0.490 e. The van der Waals surface area contributed by atoms with E-state index in [0.717, 1.165) is 43.7 Å². The van der Waals surface area contributed by atoms with Gasteiger partial charge in [0.25, 0.3) is 5.91 Å². The maximum absolute atomic E-state index is 12.6. The molecule has 1 atom stereocenters. The number of nitrogens with one attached hydrogen (secondary N) is 1. The number of aromatic nitrogens is 4. The number of carboxylic acids is 1. The normalized spacial score (nSPS) is 16.3. The number of rotatable bonds is 5. The van der Waals surface area contributed by atoms with Crippen molar-refractivity contribution < 1.29 is 27.9 Å². The van der Waals surface area contributed by atoms with Gasteiger partial charge in [-0.25, -0.2) is 14.3 Å². The Morgan fingerprint density at radius 2 is 1.94 bits per heavy atom. The predicted octanol–water partition coefficient (Wildman–Crippen LogP) is 2.32. The number of nitrogens with zero attached hydrogens (tertiary/aromatic N) is 5. The first-order valence-corrected chi connectivity index (χ1v) is 10.2. The Hall–Kier alpha value is -3.54. The summed E-state index contributed by atoms with van der Waals surface area (Å²) in [7, 11) is 0. The lowest BCUT2D eigenvalue weighted by Crippen LogP contribution is -2.37. The molecule has 1 aliphatic rings. The fourth-order valence-electron chi connectivity index (χ4n) is 3.39. The molecular formula is C21H23F3N6O3. The van der Waals surface area contributed by atoms with Gasteiger partial charge >= 0.3 is 12.1 Å². The standard InChI is InChI=1S/C19H22N6O.C2HF3O2/c1-2-15-11-21-25-10-6-17(23-18(15)25)19(26)22-16-5-9-24(13-16)12-14-3-7-20-8-4-14;3-2(4,5)1(6)7/h3-4,6-8,10-11,16H,2,5,9,12-13H2,1H3,(H,22,26);(H,6,7)/t16-;/m0./s1. The van der Waals surface area contributed by atoms with Gasteiger partial charge in [0.1, 0.15) is 5.69 Å². The summed E-state index contributed by atoms with van der Waals surface area (Å²) in [5.74, 6) is -2.88. The number of fused-ring (bicyclic) bond motifs is 1. The number of carboxylic acid groups (broad SMARTS) is 1. The summed E-state index contributed by atoms with van der Waals surface area (Å²) in [5, 5.41) is 14.5. The van der Waals surface area contributed by atoms with Gasteiger partial charge in [0.15, 0.2) is 5.65 Å². The molecule has 0 aromatic carbocycles. The minimum absolute atomic E-state index is 0.119. The van der Waals surface area contributed by atoms with Gasteiger partial charge in [-0.05, 0) is 36.6 Å².